The molecule has 0 aliphatic rings. The van der Waals surface area contributed by atoms with Crippen LogP contribution in [0.1, 0.15) is 18.7 Å². The Morgan fingerprint density at radius 2 is 2.00 bits per heavy atom. The van der Waals surface area contributed by atoms with E-state index in [1.807, 2.05) is 6.07 Å². The van der Waals surface area contributed by atoms with Crippen LogP contribution in [0, 0.1) is 11.3 Å². The monoisotopic (exact) mass is 244 g/mol. The van der Waals surface area contributed by atoms with E-state index in [0.29, 0.717) is 18.0 Å². The van der Waals surface area contributed by atoms with Crippen LogP contribution in [0.2, 0.25) is 0 Å². The summed E-state index contributed by atoms with van der Waals surface area (Å²) < 4.78 is 25.5. The zero-order chi connectivity index (χ0) is 11.5. The van der Waals surface area contributed by atoms with Crippen molar-refractivity contribution in [1.29, 1.82) is 5.26 Å². The van der Waals surface area contributed by atoms with Gasteiger partial charge in [-0.05, 0) is 12.1 Å². The second kappa shape index (κ2) is 4.75. The Kier molecular flexibility index (Phi) is 3.85. The first-order chi connectivity index (χ1) is 7.06. The summed E-state index contributed by atoms with van der Waals surface area (Å²) in [7, 11) is -3.39. The van der Waals surface area contributed by atoms with Crippen molar-refractivity contribution in [3.05, 3.63) is 17.0 Å². The van der Waals surface area contributed by atoms with Crippen molar-refractivity contribution in [3.63, 3.8) is 0 Å². The fraction of sp³-hybridized carbons (Fsp3) is 0.444. The van der Waals surface area contributed by atoms with E-state index in [0.717, 1.165) is 11.3 Å². The van der Waals surface area contributed by atoms with Gasteiger partial charge in [0.15, 0.2) is 0 Å². The highest BCUT2D eigenvalue weighted by molar-refractivity contribution is 7.91. The third-order valence-corrected chi connectivity index (χ3v) is 5.50. The van der Waals surface area contributed by atoms with Crippen LogP contribution in [0.15, 0.2) is 16.3 Å². The van der Waals surface area contributed by atoms with E-state index in [9.17, 15) is 8.42 Å². The van der Waals surface area contributed by atoms with Crippen LogP contribution in [0.5, 0.6) is 0 Å². The van der Waals surface area contributed by atoms with Crippen molar-refractivity contribution in [1.82, 2.24) is 4.31 Å². The van der Waals surface area contributed by atoms with Gasteiger partial charge in [-0.15, -0.1) is 11.3 Å². The van der Waals surface area contributed by atoms with Gasteiger partial charge in [0.1, 0.15) is 15.2 Å². The van der Waals surface area contributed by atoms with Gasteiger partial charge in [0, 0.05) is 13.1 Å². The summed E-state index contributed by atoms with van der Waals surface area (Å²) in [5.41, 5.74) is 0. The third-order valence-electron chi connectivity index (χ3n) is 1.99. The van der Waals surface area contributed by atoms with Crippen molar-refractivity contribution in [2.75, 3.05) is 13.1 Å². The topological polar surface area (TPSA) is 61.2 Å². The van der Waals surface area contributed by atoms with Crippen LogP contribution in [0.4, 0.5) is 0 Å². The maximum absolute atomic E-state index is 12.0. The van der Waals surface area contributed by atoms with E-state index in [4.69, 9.17) is 5.26 Å². The molecule has 0 radical (unpaired) electrons. The number of hydrogen-bond donors (Lipinski definition) is 0. The van der Waals surface area contributed by atoms with Crippen molar-refractivity contribution in [2.24, 2.45) is 0 Å². The van der Waals surface area contributed by atoms with Gasteiger partial charge in [0.2, 0.25) is 0 Å². The van der Waals surface area contributed by atoms with Gasteiger partial charge in [-0.1, -0.05) is 13.8 Å². The van der Waals surface area contributed by atoms with E-state index in [1.54, 1.807) is 13.8 Å². The van der Waals surface area contributed by atoms with Gasteiger partial charge in [0.25, 0.3) is 10.0 Å². The molecule has 0 N–H and O–H groups in total. The van der Waals surface area contributed by atoms with E-state index >= 15 is 0 Å². The predicted octanol–water partition coefficient (Wildman–Crippen LogP) is 1.65. The molecule has 0 saturated carbocycles. The predicted molar refractivity (Wildman–Crippen MR) is 59.1 cm³/mol. The zero-order valence-corrected chi connectivity index (χ0v) is 10.2. The molecule has 4 nitrogen and oxygen atoms in total. The fourth-order valence-corrected chi connectivity index (χ4v) is 3.93. The average Bonchev–Trinajstić information content (AvgIpc) is 2.67. The molecule has 0 spiro atoms. The standard InChI is InChI=1S/C9H12N2O2S2/c1-3-11(4-2)15(12,13)9-6-5-8(7-10)14-9/h5-6H,3-4H2,1-2H3. The third kappa shape index (κ3) is 2.37. The molecule has 6 heteroatoms. The maximum atomic E-state index is 12.0. The number of nitrogens with zero attached hydrogens (tertiary/aromatic N) is 2. The molecule has 0 aliphatic carbocycles. The Hall–Kier alpha value is -0.900. The molecule has 82 valence electrons. The number of hydrogen-bond acceptors (Lipinski definition) is 4. The molecule has 0 aliphatic heterocycles. The lowest BCUT2D eigenvalue weighted by atomic mass is 10.5. The Labute approximate surface area is 93.8 Å². The lowest BCUT2D eigenvalue weighted by molar-refractivity contribution is 0.447. The molecule has 15 heavy (non-hydrogen) atoms. The lowest BCUT2D eigenvalue weighted by Gasteiger charge is -2.16. The van der Waals surface area contributed by atoms with Crippen LogP contribution >= 0.6 is 11.3 Å². The fourth-order valence-electron chi connectivity index (χ4n) is 1.21. The van der Waals surface area contributed by atoms with Gasteiger partial charge in [-0.3, -0.25) is 0 Å². The molecule has 0 bridgehead atoms. The summed E-state index contributed by atoms with van der Waals surface area (Å²) >= 11 is 1.01. The number of thiophene rings is 1. The van der Waals surface area contributed by atoms with Gasteiger partial charge in [-0.2, -0.15) is 9.57 Å². The van der Waals surface area contributed by atoms with Crippen LogP contribution < -0.4 is 0 Å². The molecular formula is C9H12N2O2S2. The molecule has 0 amide bonds. The second-order valence-corrected chi connectivity index (χ2v) is 6.07. The van der Waals surface area contributed by atoms with E-state index < -0.39 is 10.0 Å². The molecule has 1 rings (SSSR count). The smallest absolute Gasteiger partial charge is 0.206 e. The SMILES string of the molecule is CCN(CC)S(=O)(=O)c1ccc(C#N)s1. The highest BCUT2D eigenvalue weighted by atomic mass is 32.2. The summed E-state index contributed by atoms with van der Waals surface area (Å²) in [5.74, 6) is 0. The number of nitriles is 1. The summed E-state index contributed by atoms with van der Waals surface area (Å²) in [6.07, 6.45) is 0. The normalized spacial score (nSPS) is 11.6. The Morgan fingerprint density at radius 1 is 1.40 bits per heavy atom. The molecule has 1 aromatic heterocycles. The minimum Gasteiger partial charge on any atom is -0.206 e. The molecule has 1 heterocycles. The lowest BCUT2D eigenvalue weighted by Crippen LogP contribution is -2.29. The first-order valence-electron chi connectivity index (χ1n) is 4.56. The molecule has 0 aromatic carbocycles. The van der Waals surface area contributed by atoms with Crippen molar-refractivity contribution >= 4 is 21.4 Å². The Bertz CT molecular complexity index is 467. The van der Waals surface area contributed by atoms with Crippen molar-refractivity contribution in [2.45, 2.75) is 18.1 Å². The average molecular weight is 244 g/mol. The Balaban J connectivity index is 3.11. The molecule has 0 fully saturated rings. The van der Waals surface area contributed by atoms with Crippen LogP contribution in [-0.4, -0.2) is 25.8 Å². The molecular weight excluding hydrogens is 232 g/mol. The molecule has 1 aromatic rings. The van der Waals surface area contributed by atoms with E-state index in [-0.39, 0.29) is 4.21 Å². The van der Waals surface area contributed by atoms with Crippen LogP contribution in [0.3, 0.4) is 0 Å². The number of sulfonamides is 1. The second-order valence-electron chi connectivity index (χ2n) is 2.82. The van der Waals surface area contributed by atoms with Gasteiger partial charge < -0.3 is 0 Å². The quantitative estimate of drug-likeness (QED) is 0.809. The van der Waals surface area contributed by atoms with Crippen LogP contribution in [0.25, 0.3) is 0 Å². The van der Waals surface area contributed by atoms with E-state index in [1.165, 1.54) is 16.4 Å². The molecule has 0 atom stereocenters. The summed E-state index contributed by atoms with van der Waals surface area (Å²) in [4.78, 5) is 0.417. The van der Waals surface area contributed by atoms with Crippen molar-refractivity contribution in [3.8, 4) is 6.07 Å². The molecule has 0 unspecified atom stereocenters. The molecule has 0 saturated heterocycles. The first-order valence-corrected chi connectivity index (χ1v) is 6.82. The van der Waals surface area contributed by atoms with Gasteiger partial charge in [-0.25, -0.2) is 8.42 Å². The van der Waals surface area contributed by atoms with Gasteiger partial charge in [0.05, 0.1) is 0 Å². The van der Waals surface area contributed by atoms with E-state index in [2.05, 4.69) is 0 Å². The minimum absolute atomic E-state index is 0.239. The Morgan fingerprint density at radius 3 is 2.40 bits per heavy atom. The highest BCUT2D eigenvalue weighted by Crippen LogP contribution is 2.23. The first kappa shape index (κ1) is 12.2. The highest BCUT2D eigenvalue weighted by Gasteiger charge is 2.23. The summed E-state index contributed by atoms with van der Waals surface area (Å²) in [5, 5.41) is 8.62. The summed E-state index contributed by atoms with van der Waals surface area (Å²) in [6, 6.07) is 4.94. The van der Waals surface area contributed by atoms with Crippen LogP contribution in [-0.2, 0) is 10.0 Å². The zero-order valence-electron chi connectivity index (χ0n) is 8.60. The largest absolute Gasteiger partial charge is 0.252 e. The summed E-state index contributed by atoms with van der Waals surface area (Å²) in [6.45, 7) is 4.47. The minimum atomic E-state index is -3.39. The van der Waals surface area contributed by atoms with Crippen molar-refractivity contribution < 1.29 is 8.42 Å². The van der Waals surface area contributed by atoms with Gasteiger partial charge >= 0.3 is 0 Å². The maximum Gasteiger partial charge on any atom is 0.252 e. The number of rotatable bonds is 4.